The van der Waals surface area contributed by atoms with Crippen molar-refractivity contribution in [3.05, 3.63) is 29.8 Å². The maximum atomic E-state index is 10.9. The third-order valence-electron chi connectivity index (χ3n) is 1.72. The van der Waals surface area contributed by atoms with Crippen LogP contribution in [0.25, 0.3) is 0 Å². The molecule has 0 heterocycles. The third-order valence-corrected chi connectivity index (χ3v) is 3.42. The Bertz CT molecular complexity index is 397. The monoisotopic (exact) mass is 296 g/mol. The molecule has 1 rings (SSSR count). The summed E-state index contributed by atoms with van der Waals surface area (Å²) in [5.74, 6) is 0. The first-order valence-electron chi connectivity index (χ1n) is 4.07. The van der Waals surface area contributed by atoms with Gasteiger partial charge in [0.25, 0.3) is 9.05 Å². The highest BCUT2D eigenvalue weighted by molar-refractivity contribution is 9.09. The molecule has 14 heavy (non-hydrogen) atoms. The van der Waals surface area contributed by atoms with Gasteiger partial charge in [-0.2, -0.15) is 0 Å². The van der Waals surface area contributed by atoms with E-state index in [0.29, 0.717) is 4.83 Å². The normalized spacial score (nSPS) is 13.9. The van der Waals surface area contributed by atoms with Crippen molar-refractivity contribution in [3.63, 3.8) is 0 Å². The molecule has 0 aliphatic carbocycles. The second-order valence-electron chi connectivity index (χ2n) is 3.07. The summed E-state index contributed by atoms with van der Waals surface area (Å²) >= 11 is 3.42. The van der Waals surface area contributed by atoms with E-state index in [9.17, 15) is 8.42 Å². The number of hydrogen-bond acceptors (Lipinski definition) is 2. The lowest BCUT2D eigenvalue weighted by molar-refractivity contribution is 0.609. The van der Waals surface area contributed by atoms with Gasteiger partial charge in [0.15, 0.2) is 0 Å². The largest absolute Gasteiger partial charge is 0.261 e. The Labute approximate surface area is 96.8 Å². The number of rotatable bonds is 3. The van der Waals surface area contributed by atoms with Crippen molar-refractivity contribution in [1.82, 2.24) is 0 Å². The topological polar surface area (TPSA) is 34.1 Å². The van der Waals surface area contributed by atoms with Gasteiger partial charge in [-0.15, -0.1) is 0 Å². The van der Waals surface area contributed by atoms with E-state index in [-0.39, 0.29) is 4.90 Å². The highest BCUT2D eigenvalue weighted by atomic mass is 79.9. The molecule has 1 aromatic rings. The van der Waals surface area contributed by atoms with Crippen LogP contribution in [0.1, 0.15) is 12.5 Å². The number of halogens is 2. The van der Waals surface area contributed by atoms with Crippen LogP contribution in [0.15, 0.2) is 29.2 Å². The zero-order valence-electron chi connectivity index (χ0n) is 7.57. The molecule has 1 unspecified atom stereocenters. The van der Waals surface area contributed by atoms with Crippen LogP contribution in [0.4, 0.5) is 0 Å². The van der Waals surface area contributed by atoms with Gasteiger partial charge in [-0.1, -0.05) is 35.0 Å². The molecule has 0 aromatic heterocycles. The van der Waals surface area contributed by atoms with Crippen molar-refractivity contribution in [2.75, 3.05) is 0 Å². The van der Waals surface area contributed by atoms with Crippen molar-refractivity contribution in [2.24, 2.45) is 0 Å². The quantitative estimate of drug-likeness (QED) is 0.635. The molecule has 1 aromatic carbocycles. The fourth-order valence-corrected chi connectivity index (χ4v) is 2.26. The molecule has 2 nitrogen and oxygen atoms in total. The van der Waals surface area contributed by atoms with Crippen LogP contribution >= 0.6 is 26.6 Å². The zero-order valence-corrected chi connectivity index (χ0v) is 10.7. The summed E-state index contributed by atoms with van der Waals surface area (Å²) in [6.07, 6.45) is 0.864. The molecule has 5 heteroatoms. The van der Waals surface area contributed by atoms with Crippen LogP contribution in [0.5, 0.6) is 0 Å². The average Bonchev–Trinajstić information content (AvgIpc) is 2.02. The molecule has 0 amide bonds. The molecule has 0 spiro atoms. The minimum Gasteiger partial charge on any atom is -0.207 e. The van der Waals surface area contributed by atoms with Crippen molar-refractivity contribution < 1.29 is 8.42 Å². The maximum absolute atomic E-state index is 10.9. The molecule has 0 fully saturated rings. The second-order valence-corrected chi connectivity index (χ2v) is 7.20. The Hall–Kier alpha value is -0.0600. The SMILES string of the molecule is CC(Br)Cc1ccc(S(=O)(=O)Cl)cc1. The lowest BCUT2D eigenvalue weighted by atomic mass is 10.1. The van der Waals surface area contributed by atoms with E-state index >= 15 is 0 Å². The van der Waals surface area contributed by atoms with Gasteiger partial charge < -0.3 is 0 Å². The number of benzene rings is 1. The molecule has 0 N–H and O–H groups in total. The van der Waals surface area contributed by atoms with Crippen molar-refractivity contribution in [1.29, 1.82) is 0 Å². The summed E-state index contributed by atoms with van der Waals surface area (Å²) in [6.45, 7) is 2.03. The van der Waals surface area contributed by atoms with Crippen LogP contribution in [0.3, 0.4) is 0 Å². The average molecular weight is 298 g/mol. The van der Waals surface area contributed by atoms with Gasteiger partial charge in [-0.3, -0.25) is 0 Å². The van der Waals surface area contributed by atoms with E-state index in [2.05, 4.69) is 15.9 Å². The van der Waals surface area contributed by atoms with Gasteiger partial charge in [0.05, 0.1) is 4.90 Å². The Morgan fingerprint density at radius 3 is 2.21 bits per heavy atom. The minimum atomic E-state index is -3.59. The molecule has 0 aliphatic heterocycles. The van der Waals surface area contributed by atoms with Gasteiger partial charge in [0.2, 0.25) is 0 Å². The molecule has 0 saturated carbocycles. The lowest BCUT2D eigenvalue weighted by Crippen LogP contribution is -1.97. The molecule has 0 saturated heterocycles. The predicted octanol–water partition coefficient (Wildman–Crippen LogP) is 2.94. The van der Waals surface area contributed by atoms with E-state index in [1.54, 1.807) is 12.1 Å². The second kappa shape index (κ2) is 4.64. The van der Waals surface area contributed by atoms with E-state index in [0.717, 1.165) is 12.0 Å². The van der Waals surface area contributed by atoms with Crippen LogP contribution in [0, 0.1) is 0 Å². The van der Waals surface area contributed by atoms with Crippen LogP contribution < -0.4 is 0 Å². The van der Waals surface area contributed by atoms with Crippen LogP contribution in [-0.4, -0.2) is 13.2 Å². The summed E-state index contributed by atoms with van der Waals surface area (Å²) in [5.41, 5.74) is 1.08. The predicted molar refractivity (Wildman–Crippen MR) is 61.6 cm³/mol. The Kier molecular flexibility index (Phi) is 3.98. The first-order valence-corrected chi connectivity index (χ1v) is 7.30. The van der Waals surface area contributed by atoms with Gasteiger partial charge >= 0.3 is 0 Å². The molecular formula is C9H10BrClO2S. The summed E-state index contributed by atoms with van der Waals surface area (Å²) < 4.78 is 21.8. The van der Waals surface area contributed by atoms with E-state index in [1.807, 2.05) is 6.92 Å². The van der Waals surface area contributed by atoms with Gasteiger partial charge in [0.1, 0.15) is 0 Å². The smallest absolute Gasteiger partial charge is 0.207 e. The van der Waals surface area contributed by atoms with Crippen LogP contribution in [-0.2, 0) is 15.5 Å². The summed E-state index contributed by atoms with van der Waals surface area (Å²) in [4.78, 5) is 0.520. The molecule has 78 valence electrons. The molecule has 0 radical (unpaired) electrons. The standard InChI is InChI=1S/C9H10BrClO2S/c1-7(10)6-8-2-4-9(5-3-8)14(11,12)13/h2-5,7H,6H2,1H3. The van der Waals surface area contributed by atoms with E-state index in [4.69, 9.17) is 10.7 Å². The van der Waals surface area contributed by atoms with E-state index in [1.165, 1.54) is 12.1 Å². The molecule has 1 atom stereocenters. The summed E-state index contributed by atoms with van der Waals surface area (Å²) in [6, 6.07) is 6.58. The Morgan fingerprint density at radius 1 is 1.36 bits per heavy atom. The van der Waals surface area contributed by atoms with Gasteiger partial charge in [-0.05, 0) is 24.1 Å². The minimum absolute atomic E-state index is 0.144. The highest BCUT2D eigenvalue weighted by Crippen LogP contribution is 2.17. The Balaban J connectivity index is 2.90. The van der Waals surface area contributed by atoms with Gasteiger partial charge in [0, 0.05) is 15.5 Å². The first-order chi connectivity index (χ1) is 6.39. The highest BCUT2D eigenvalue weighted by Gasteiger charge is 2.09. The third kappa shape index (κ3) is 3.59. The molecule has 0 bridgehead atoms. The summed E-state index contributed by atoms with van der Waals surface area (Å²) in [5, 5.41) is 0. The summed E-state index contributed by atoms with van der Waals surface area (Å²) in [7, 11) is 1.59. The van der Waals surface area contributed by atoms with Crippen molar-refractivity contribution in [2.45, 2.75) is 23.1 Å². The molecule has 0 aliphatic rings. The van der Waals surface area contributed by atoms with Crippen molar-refractivity contribution in [3.8, 4) is 0 Å². The van der Waals surface area contributed by atoms with E-state index < -0.39 is 9.05 Å². The molecular weight excluding hydrogens is 288 g/mol. The number of alkyl halides is 1. The first kappa shape index (κ1) is 12.0. The van der Waals surface area contributed by atoms with Crippen LogP contribution in [0.2, 0.25) is 0 Å². The maximum Gasteiger partial charge on any atom is 0.261 e. The lowest BCUT2D eigenvalue weighted by Gasteiger charge is -2.03. The Morgan fingerprint density at radius 2 is 1.86 bits per heavy atom. The van der Waals surface area contributed by atoms with Gasteiger partial charge in [-0.25, -0.2) is 8.42 Å². The zero-order chi connectivity index (χ0) is 10.8. The fraction of sp³-hybridized carbons (Fsp3) is 0.333. The number of hydrogen-bond donors (Lipinski definition) is 0. The van der Waals surface area contributed by atoms with Crippen molar-refractivity contribution >= 4 is 35.7 Å². The fourth-order valence-electron chi connectivity index (χ4n) is 1.11.